The van der Waals surface area contributed by atoms with Crippen LogP contribution in [0.1, 0.15) is 17.7 Å². The largest absolute Gasteiger partial charge is 0.506 e. The normalized spacial score (nSPS) is 24.7. The van der Waals surface area contributed by atoms with Gasteiger partial charge in [-0.2, -0.15) is 8.42 Å². The standard InChI is InChI=1S/C20H23N7O11S2/c1-8(28)22-10-6-9(2-3-11(10)29)13(40(36,37)38)14(30)23-12-15(31)25-7-20(17(32)33,39-16(12)25)26-4-5-27(19(26)35)24-18(21)34/h2-3,6,12-13,16,29H,4-5,7H2,1H3,(H,22,28)(H,23,30)(H,32,33)(H3,21,24,34)(H,36,37,38)/t12-,13?,16-,20-/m1/s1. The van der Waals surface area contributed by atoms with Gasteiger partial charge in [-0.3, -0.25) is 23.8 Å². The van der Waals surface area contributed by atoms with Crippen molar-refractivity contribution in [3.63, 3.8) is 0 Å². The fourth-order valence-corrected chi connectivity index (χ4v) is 7.08. The van der Waals surface area contributed by atoms with E-state index in [4.69, 9.17) is 5.73 Å². The highest BCUT2D eigenvalue weighted by Crippen LogP contribution is 2.49. The minimum atomic E-state index is -5.15. The lowest BCUT2D eigenvalue weighted by Gasteiger charge is -2.41. The molecule has 0 radical (unpaired) electrons. The van der Waals surface area contributed by atoms with Crippen LogP contribution in [0.2, 0.25) is 0 Å². The van der Waals surface area contributed by atoms with Gasteiger partial charge in [-0.05, 0) is 17.7 Å². The minimum absolute atomic E-state index is 0.0979. The van der Waals surface area contributed by atoms with Gasteiger partial charge in [0.05, 0.1) is 18.8 Å². The van der Waals surface area contributed by atoms with Gasteiger partial charge >= 0.3 is 18.0 Å². The number of nitrogens with two attached hydrogens (primary N) is 1. The van der Waals surface area contributed by atoms with Crippen molar-refractivity contribution in [2.45, 2.75) is 28.5 Å². The molecule has 4 rings (SSSR count). The molecule has 0 aliphatic carbocycles. The van der Waals surface area contributed by atoms with Crippen molar-refractivity contribution < 1.29 is 52.0 Å². The second kappa shape index (κ2) is 10.0. The Morgan fingerprint density at radius 2 is 1.88 bits per heavy atom. The summed E-state index contributed by atoms with van der Waals surface area (Å²) in [7, 11) is -5.15. The molecule has 7 amide bonds. The maximum atomic E-state index is 13.1. The second-order valence-electron chi connectivity index (χ2n) is 8.97. The molecule has 216 valence electrons. The lowest BCUT2D eigenvalue weighted by molar-refractivity contribution is -0.151. The van der Waals surface area contributed by atoms with Crippen LogP contribution in [0.4, 0.5) is 15.3 Å². The number of urea groups is 2. The smallest absolute Gasteiger partial charge is 0.342 e. The van der Waals surface area contributed by atoms with E-state index in [2.05, 4.69) is 16.1 Å². The van der Waals surface area contributed by atoms with Gasteiger partial charge in [0.2, 0.25) is 22.6 Å². The molecule has 3 aliphatic rings. The van der Waals surface area contributed by atoms with Crippen LogP contribution in [-0.4, -0.2) is 110 Å². The SMILES string of the molecule is CC(=O)Nc1cc(C(C(=O)N[C@@H]2C(=O)N3C[C@@](C(=O)O)(N4CCN(NC(N)=O)C4=O)S[C@H]23)S(=O)(=O)O)ccc1O. The molecule has 1 aromatic rings. The van der Waals surface area contributed by atoms with Crippen LogP contribution in [0.5, 0.6) is 5.75 Å². The molecule has 3 fully saturated rings. The summed E-state index contributed by atoms with van der Waals surface area (Å²) >= 11 is 0.651. The van der Waals surface area contributed by atoms with Crippen LogP contribution < -0.4 is 21.8 Å². The van der Waals surface area contributed by atoms with Crippen LogP contribution in [-0.2, 0) is 29.3 Å². The number of nitrogens with one attached hydrogen (secondary N) is 3. The molecule has 0 bridgehead atoms. The van der Waals surface area contributed by atoms with Crippen LogP contribution in [0.25, 0.3) is 0 Å². The number of fused-ring (bicyclic) bond motifs is 1. The van der Waals surface area contributed by atoms with Gasteiger partial charge in [0.1, 0.15) is 17.2 Å². The van der Waals surface area contributed by atoms with Gasteiger partial charge in [-0.1, -0.05) is 17.8 Å². The van der Waals surface area contributed by atoms with Crippen molar-refractivity contribution in [2.24, 2.45) is 5.73 Å². The average molecular weight is 602 g/mol. The molecule has 4 atom stereocenters. The number of amides is 7. The molecule has 0 saturated carbocycles. The number of hydrogen-bond acceptors (Lipinski definition) is 10. The first-order chi connectivity index (χ1) is 18.6. The summed E-state index contributed by atoms with van der Waals surface area (Å²) < 4.78 is 34.2. The Bertz CT molecular complexity index is 1440. The Hall–Kier alpha value is -4.30. The number of thioether (sulfide) groups is 1. The van der Waals surface area contributed by atoms with E-state index in [-0.39, 0.29) is 24.3 Å². The first-order valence-corrected chi connectivity index (χ1v) is 13.7. The van der Waals surface area contributed by atoms with E-state index in [1.54, 1.807) is 0 Å². The quantitative estimate of drug-likeness (QED) is 0.0949. The highest BCUT2D eigenvalue weighted by molar-refractivity contribution is 8.02. The van der Waals surface area contributed by atoms with Crippen LogP contribution >= 0.6 is 11.8 Å². The van der Waals surface area contributed by atoms with Crippen molar-refractivity contribution in [1.82, 2.24) is 25.6 Å². The van der Waals surface area contributed by atoms with E-state index in [9.17, 15) is 52.0 Å². The number of carbonyl (C=O) groups excluding carboxylic acids is 5. The lowest BCUT2D eigenvalue weighted by Crippen LogP contribution is -2.68. The van der Waals surface area contributed by atoms with E-state index in [0.29, 0.717) is 11.8 Å². The van der Waals surface area contributed by atoms with E-state index in [1.807, 2.05) is 0 Å². The highest BCUT2D eigenvalue weighted by Gasteiger charge is 2.66. The van der Waals surface area contributed by atoms with Crippen molar-refractivity contribution in [1.29, 1.82) is 0 Å². The van der Waals surface area contributed by atoms with Crippen molar-refractivity contribution in [3.8, 4) is 5.75 Å². The monoisotopic (exact) mass is 601 g/mol. The molecule has 0 spiro atoms. The molecule has 0 aromatic heterocycles. The summed E-state index contributed by atoms with van der Waals surface area (Å²) in [5.74, 6) is -4.67. The summed E-state index contributed by atoms with van der Waals surface area (Å²) in [5, 5.41) is 21.9. The molecule has 40 heavy (non-hydrogen) atoms. The molecule has 18 nitrogen and oxygen atoms in total. The summed E-state index contributed by atoms with van der Waals surface area (Å²) in [6.45, 7) is 0.398. The number of primary amides is 1. The van der Waals surface area contributed by atoms with Crippen LogP contribution in [0.3, 0.4) is 0 Å². The number of carboxylic acid groups (broad SMARTS) is 1. The zero-order valence-corrected chi connectivity index (χ0v) is 22.1. The number of hydrogen-bond donors (Lipinski definition) is 7. The molecule has 3 aliphatic heterocycles. The number of aliphatic carboxylic acids is 1. The Kier molecular flexibility index (Phi) is 7.19. The molecule has 3 saturated heterocycles. The lowest BCUT2D eigenvalue weighted by atomic mass is 10.0. The number of carbonyl (C=O) groups is 6. The number of anilines is 1. The molecular formula is C20H23N7O11S2. The third kappa shape index (κ3) is 4.91. The van der Waals surface area contributed by atoms with Gasteiger partial charge in [0, 0.05) is 13.5 Å². The molecule has 1 aromatic carbocycles. The molecular weight excluding hydrogens is 578 g/mol. The first kappa shape index (κ1) is 28.7. The maximum absolute atomic E-state index is 13.1. The maximum Gasteiger partial charge on any atom is 0.342 e. The number of rotatable bonds is 8. The Labute approximate surface area is 229 Å². The topological polar surface area (TPSA) is 269 Å². The second-order valence-corrected chi connectivity index (χ2v) is 11.9. The number of phenols is 1. The Morgan fingerprint density at radius 1 is 1.20 bits per heavy atom. The average Bonchev–Trinajstić information content (AvgIpc) is 3.37. The number of hydrazine groups is 1. The predicted molar refractivity (Wildman–Crippen MR) is 134 cm³/mol. The molecule has 3 heterocycles. The summed E-state index contributed by atoms with van der Waals surface area (Å²) in [6, 6.07) is -0.413. The van der Waals surface area contributed by atoms with E-state index < -0.39 is 79.7 Å². The number of carboxylic acids is 1. The minimum Gasteiger partial charge on any atom is -0.506 e. The van der Waals surface area contributed by atoms with Crippen LogP contribution in [0.15, 0.2) is 18.2 Å². The van der Waals surface area contributed by atoms with E-state index in [0.717, 1.165) is 39.9 Å². The van der Waals surface area contributed by atoms with Gasteiger partial charge in [0.15, 0.2) is 5.25 Å². The molecule has 1 unspecified atom stereocenters. The zero-order valence-electron chi connectivity index (χ0n) is 20.4. The van der Waals surface area contributed by atoms with E-state index >= 15 is 0 Å². The molecule has 20 heteroatoms. The number of β-lactam (4-membered cyclic amide) rings is 1. The van der Waals surface area contributed by atoms with E-state index in [1.165, 1.54) is 0 Å². The summed E-state index contributed by atoms with van der Waals surface area (Å²) in [5.41, 5.74) is 6.49. The third-order valence-corrected chi connectivity index (χ3v) is 9.10. The third-order valence-electron chi connectivity index (χ3n) is 6.33. The van der Waals surface area contributed by atoms with Gasteiger partial charge in [-0.25, -0.2) is 24.8 Å². The number of nitrogens with zero attached hydrogens (tertiary/aromatic N) is 3. The molecule has 8 N–H and O–H groups in total. The number of benzene rings is 1. The number of aromatic hydroxyl groups is 1. The number of phenolic OH excluding ortho intramolecular Hbond substituents is 1. The first-order valence-electron chi connectivity index (χ1n) is 11.3. The Morgan fingerprint density at radius 3 is 2.45 bits per heavy atom. The van der Waals surface area contributed by atoms with Crippen molar-refractivity contribution in [3.05, 3.63) is 23.8 Å². The summed E-state index contributed by atoms with van der Waals surface area (Å²) in [6.07, 6.45) is 0. The van der Waals surface area contributed by atoms with Gasteiger partial charge < -0.3 is 31.5 Å². The fraction of sp³-hybridized carbons (Fsp3) is 0.400. The van der Waals surface area contributed by atoms with Gasteiger partial charge in [-0.15, -0.1) is 0 Å². The van der Waals surface area contributed by atoms with Crippen LogP contribution in [0, 0.1) is 0 Å². The van der Waals surface area contributed by atoms with Crippen molar-refractivity contribution in [2.75, 3.05) is 25.0 Å². The zero-order chi connectivity index (χ0) is 29.7. The van der Waals surface area contributed by atoms with Crippen molar-refractivity contribution >= 4 is 63.3 Å². The Balaban J connectivity index is 1.56. The predicted octanol–water partition coefficient (Wildman–Crippen LogP) is -2.22. The van der Waals surface area contributed by atoms with Gasteiger partial charge in [0.25, 0.3) is 10.1 Å². The fourth-order valence-electron chi connectivity index (χ4n) is 4.61. The summed E-state index contributed by atoms with van der Waals surface area (Å²) in [4.78, 5) is 73.6. The highest BCUT2D eigenvalue weighted by atomic mass is 32.2.